The summed E-state index contributed by atoms with van der Waals surface area (Å²) in [6.07, 6.45) is 1.03. The maximum atomic E-state index is 13.6. The SMILES string of the molecule is CC1(C)CCN(c2ccccc2F)CCN1. The van der Waals surface area contributed by atoms with Crippen LogP contribution >= 0.6 is 0 Å². The smallest absolute Gasteiger partial charge is 0.146 e. The van der Waals surface area contributed by atoms with E-state index >= 15 is 0 Å². The van der Waals surface area contributed by atoms with Crippen LogP contribution < -0.4 is 10.2 Å². The molecule has 1 aliphatic heterocycles. The number of rotatable bonds is 1. The van der Waals surface area contributed by atoms with Gasteiger partial charge in [-0.2, -0.15) is 0 Å². The molecule has 0 unspecified atom stereocenters. The lowest BCUT2D eigenvalue weighted by Gasteiger charge is -2.25. The normalized spacial score (nSPS) is 20.6. The number of benzene rings is 1. The molecule has 0 radical (unpaired) electrons. The lowest BCUT2D eigenvalue weighted by atomic mass is 10.0. The molecule has 1 fully saturated rings. The van der Waals surface area contributed by atoms with Gasteiger partial charge in [0.1, 0.15) is 5.82 Å². The largest absolute Gasteiger partial charge is 0.368 e. The minimum Gasteiger partial charge on any atom is -0.368 e. The van der Waals surface area contributed by atoms with Gasteiger partial charge in [0.2, 0.25) is 0 Å². The third-order valence-corrected chi connectivity index (χ3v) is 3.19. The van der Waals surface area contributed by atoms with Gasteiger partial charge in [0.25, 0.3) is 0 Å². The van der Waals surface area contributed by atoms with Crippen molar-refractivity contribution in [2.75, 3.05) is 24.5 Å². The van der Waals surface area contributed by atoms with Crippen molar-refractivity contribution in [2.45, 2.75) is 25.8 Å². The van der Waals surface area contributed by atoms with E-state index in [2.05, 4.69) is 24.1 Å². The van der Waals surface area contributed by atoms with Gasteiger partial charge in [-0.05, 0) is 32.4 Å². The lowest BCUT2D eigenvalue weighted by Crippen LogP contribution is -2.39. The maximum absolute atomic E-state index is 13.6. The van der Waals surface area contributed by atoms with Crippen molar-refractivity contribution in [3.8, 4) is 0 Å². The molecule has 16 heavy (non-hydrogen) atoms. The van der Waals surface area contributed by atoms with Crippen molar-refractivity contribution in [3.63, 3.8) is 0 Å². The van der Waals surface area contributed by atoms with E-state index < -0.39 is 0 Å². The average molecular weight is 222 g/mol. The van der Waals surface area contributed by atoms with Gasteiger partial charge in [-0.15, -0.1) is 0 Å². The Balaban J connectivity index is 2.14. The summed E-state index contributed by atoms with van der Waals surface area (Å²) in [6.45, 7) is 7.06. The first-order valence-electron chi connectivity index (χ1n) is 5.83. The Bertz CT molecular complexity index is 363. The van der Waals surface area contributed by atoms with Gasteiger partial charge in [0, 0.05) is 25.2 Å². The highest BCUT2D eigenvalue weighted by molar-refractivity contribution is 5.47. The molecule has 1 heterocycles. The number of nitrogens with one attached hydrogen (secondary N) is 1. The Kier molecular flexibility index (Phi) is 3.15. The molecule has 1 N–H and O–H groups in total. The van der Waals surface area contributed by atoms with Crippen LogP contribution in [0, 0.1) is 5.82 Å². The highest BCUT2D eigenvalue weighted by atomic mass is 19.1. The lowest BCUT2D eigenvalue weighted by molar-refractivity contribution is 0.394. The van der Waals surface area contributed by atoms with Crippen LogP contribution in [0.1, 0.15) is 20.3 Å². The fraction of sp³-hybridized carbons (Fsp3) is 0.538. The Labute approximate surface area is 96.5 Å². The van der Waals surface area contributed by atoms with Crippen molar-refractivity contribution < 1.29 is 4.39 Å². The summed E-state index contributed by atoms with van der Waals surface area (Å²) in [6, 6.07) is 7.01. The summed E-state index contributed by atoms with van der Waals surface area (Å²) >= 11 is 0. The van der Waals surface area contributed by atoms with E-state index in [0.717, 1.165) is 31.7 Å². The van der Waals surface area contributed by atoms with Crippen LogP contribution in [0.25, 0.3) is 0 Å². The summed E-state index contributed by atoms with van der Waals surface area (Å²) in [5.41, 5.74) is 0.877. The van der Waals surface area contributed by atoms with Gasteiger partial charge in [-0.1, -0.05) is 12.1 Å². The molecule has 88 valence electrons. The third kappa shape index (κ3) is 2.53. The number of hydrogen-bond acceptors (Lipinski definition) is 2. The summed E-state index contributed by atoms with van der Waals surface area (Å²) in [5, 5.41) is 3.48. The molecule has 3 heteroatoms. The molecule has 0 aromatic heterocycles. The fourth-order valence-electron chi connectivity index (χ4n) is 2.09. The minimum absolute atomic E-state index is 0.123. The van der Waals surface area contributed by atoms with Crippen molar-refractivity contribution in [3.05, 3.63) is 30.1 Å². The van der Waals surface area contributed by atoms with Crippen LogP contribution in [0.3, 0.4) is 0 Å². The Morgan fingerprint density at radius 1 is 1.25 bits per heavy atom. The molecule has 0 bridgehead atoms. The molecule has 1 saturated heterocycles. The zero-order valence-corrected chi connectivity index (χ0v) is 9.96. The van der Waals surface area contributed by atoms with Crippen LogP contribution in [0.15, 0.2) is 24.3 Å². The minimum atomic E-state index is -0.123. The first-order chi connectivity index (χ1) is 7.58. The summed E-state index contributed by atoms with van der Waals surface area (Å²) < 4.78 is 13.6. The zero-order valence-electron chi connectivity index (χ0n) is 9.96. The van der Waals surface area contributed by atoms with Gasteiger partial charge in [-0.3, -0.25) is 0 Å². The molecule has 1 aliphatic rings. The van der Waals surface area contributed by atoms with Crippen LogP contribution in [0.2, 0.25) is 0 Å². The van der Waals surface area contributed by atoms with Gasteiger partial charge < -0.3 is 10.2 Å². The van der Waals surface area contributed by atoms with Crippen molar-refractivity contribution >= 4 is 5.69 Å². The molecule has 0 amide bonds. The second-order valence-corrected chi connectivity index (χ2v) is 5.00. The van der Waals surface area contributed by atoms with Crippen molar-refractivity contribution in [1.82, 2.24) is 5.32 Å². The van der Waals surface area contributed by atoms with Crippen molar-refractivity contribution in [2.24, 2.45) is 0 Å². The highest BCUT2D eigenvalue weighted by Crippen LogP contribution is 2.22. The predicted octanol–water partition coefficient (Wildman–Crippen LogP) is 2.40. The molecule has 0 spiro atoms. The topological polar surface area (TPSA) is 15.3 Å². The molecule has 2 rings (SSSR count). The van der Waals surface area contributed by atoms with E-state index in [1.54, 1.807) is 6.07 Å². The predicted molar refractivity (Wildman–Crippen MR) is 65.3 cm³/mol. The van der Waals surface area contributed by atoms with Crippen LogP contribution in [-0.2, 0) is 0 Å². The van der Waals surface area contributed by atoms with E-state index in [4.69, 9.17) is 0 Å². The second kappa shape index (κ2) is 4.42. The molecule has 2 nitrogen and oxygen atoms in total. The van der Waals surface area contributed by atoms with Gasteiger partial charge in [-0.25, -0.2) is 4.39 Å². The van der Waals surface area contributed by atoms with E-state index in [0.29, 0.717) is 0 Å². The molecular formula is C13H19FN2. The molecule has 1 aromatic carbocycles. The maximum Gasteiger partial charge on any atom is 0.146 e. The van der Waals surface area contributed by atoms with Crippen molar-refractivity contribution in [1.29, 1.82) is 0 Å². The molecule has 1 aromatic rings. The Morgan fingerprint density at radius 2 is 2.00 bits per heavy atom. The number of anilines is 1. The van der Waals surface area contributed by atoms with Gasteiger partial charge in [0.05, 0.1) is 5.69 Å². The quantitative estimate of drug-likeness (QED) is 0.785. The average Bonchev–Trinajstić information content (AvgIpc) is 2.40. The van der Waals surface area contributed by atoms with E-state index in [-0.39, 0.29) is 11.4 Å². The summed E-state index contributed by atoms with van der Waals surface area (Å²) in [5.74, 6) is -0.123. The number of para-hydroxylation sites is 1. The first kappa shape index (κ1) is 11.4. The number of hydrogen-bond donors (Lipinski definition) is 1. The van der Waals surface area contributed by atoms with Crippen LogP contribution in [0.5, 0.6) is 0 Å². The molecule has 0 saturated carbocycles. The van der Waals surface area contributed by atoms with E-state index in [1.807, 2.05) is 12.1 Å². The molecule has 0 aliphatic carbocycles. The second-order valence-electron chi connectivity index (χ2n) is 5.00. The first-order valence-corrected chi connectivity index (χ1v) is 5.83. The zero-order chi connectivity index (χ0) is 11.6. The van der Waals surface area contributed by atoms with E-state index in [1.165, 1.54) is 6.07 Å². The van der Waals surface area contributed by atoms with Gasteiger partial charge in [0.15, 0.2) is 0 Å². The standard InChI is InChI=1S/C13H19FN2/c1-13(2)7-9-16(10-8-15-13)12-6-4-3-5-11(12)14/h3-6,15H,7-10H2,1-2H3. The third-order valence-electron chi connectivity index (χ3n) is 3.19. The summed E-state index contributed by atoms with van der Waals surface area (Å²) in [4.78, 5) is 2.12. The fourth-order valence-corrected chi connectivity index (χ4v) is 2.09. The van der Waals surface area contributed by atoms with Gasteiger partial charge >= 0.3 is 0 Å². The summed E-state index contributed by atoms with van der Waals surface area (Å²) in [7, 11) is 0. The number of halogens is 1. The number of nitrogens with zero attached hydrogens (tertiary/aromatic N) is 1. The van der Waals surface area contributed by atoms with Crippen LogP contribution in [0.4, 0.5) is 10.1 Å². The monoisotopic (exact) mass is 222 g/mol. The highest BCUT2D eigenvalue weighted by Gasteiger charge is 2.23. The molecule has 0 atom stereocenters. The van der Waals surface area contributed by atoms with E-state index in [9.17, 15) is 4.39 Å². The molecular weight excluding hydrogens is 203 g/mol. The van der Waals surface area contributed by atoms with Crippen LogP contribution in [-0.4, -0.2) is 25.2 Å². The Morgan fingerprint density at radius 3 is 2.75 bits per heavy atom. The Hall–Kier alpha value is -1.09.